The minimum atomic E-state index is -0.0814. The van der Waals surface area contributed by atoms with Crippen LogP contribution in [0.15, 0.2) is 53.3 Å². The quantitative estimate of drug-likeness (QED) is 0.759. The van der Waals surface area contributed by atoms with Crippen LogP contribution in [0.4, 0.5) is 0 Å². The highest BCUT2D eigenvalue weighted by Gasteiger charge is 2.16. The standard InChI is InChI=1S/C21H25N3O/c1-14(2)17-11-9-16(10-12-17)13-24(4)15(3)20-22-19-8-6-5-7-18(19)21(25)23-20/h5-12,14-15H,13H2,1-4H3,(H,22,23,25)/t15-/m1/s1. The van der Waals surface area contributed by atoms with E-state index in [0.717, 1.165) is 12.1 Å². The Balaban J connectivity index is 1.80. The summed E-state index contributed by atoms with van der Waals surface area (Å²) in [7, 11) is 2.05. The maximum Gasteiger partial charge on any atom is 0.258 e. The number of rotatable bonds is 5. The monoisotopic (exact) mass is 335 g/mol. The van der Waals surface area contributed by atoms with Crippen molar-refractivity contribution in [2.45, 2.75) is 39.3 Å². The average Bonchev–Trinajstić information content (AvgIpc) is 2.61. The molecule has 4 heteroatoms. The Labute approximate surface area is 148 Å². The molecule has 4 nitrogen and oxygen atoms in total. The lowest BCUT2D eigenvalue weighted by atomic mass is 10.0. The summed E-state index contributed by atoms with van der Waals surface area (Å²) in [6, 6.07) is 16.2. The normalized spacial score (nSPS) is 12.9. The summed E-state index contributed by atoms with van der Waals surface area (Å²) in [6.45, 7) is 7.27. The van der Waals surface area contributed by atoms with Crippen LogP contribution in [0.25, 0.3) is 10.9 Å². The molecule has 1 heterocycles. The molecule has 0 saturated heterocycles. The van der Waals surface area contributed by atoms with Gasteiger partial charge in [-0.1, -0.05) is 50.2 Å². The summed E-state index contributed by atoms with van der Waals surface area (Å²) in [5.41, 5.74) is 3.26. The number of H-pyrrole nitrogens is 1. The molecule has 3 rings (SSSR count). The summed E-state index contributed by atoms with van der Waals surface area (Å²) in [6.07, 6.45) is 0. The van der Waals surface area contributed by atoms with E-state index in [1.165, 1.54) is 11.1 Å². The van der Waals surface area contributed by atoms with E-state index >= 15 is 0 Å². The van der Waals surface area contributed by atoms with Gasteiger partial charge in [0.15, 0.2) is 0 Å². The zero-order valence-corrected chi connectivity index (χ0v) is 15.3. The van der Waals surface area contributed by atoms with Crippen LogP contribution in [-0.2, 0) is 6.54 Å². The van der Waals surface area contributed by atoms with Gasteiger partial charge in [0.05, 0.1) is 16.9 Å². The van der Waals surface area contributed by atoms with Crippen LogP contribution < -0.4 is 5.56 Å². The van der Waals surface area contributed by atoms with Gasteiger partial charge < -0.3 is 4.98 Å². The van der Waals surface area contributed by atoms with E-state index in [1.54, 1.807) is 6.07 Å². The second-order valence-corrected chi connectivity index (χ2v) is 6.96. The highest BCUT2D eigenvalue weighted by molar-refractivity contribution is 5.77. The minimum Gasteiger partial charge on any atom is -0.309 e. The number of hydrogen-bond donors (Lipinski definition) is 1. The minimum absolute atomic E-state index is 0.0158. The molecule has 130 valence electrons. The molecule has 1 aromatic heterocycles. The SMILES string of the molecule is CC(C)c1ccc(CN(C)[C@H](C)c2nc3ccccc3c(=O)[nH]2)cc1. The van der Waals surface area contributed by atoms with Gasteiger partial charge in [-0.25, -0.2) is 4.98 Å². The van der Waals surface area contributed by atoms with Crippen molar-refractivity contribution in [1.82, 2.24) is 14.9 Å². The topological polar surface area (TPSA) is 49.0 Å². The zero-order valence-electron chi connectivity index (χ0n) is 15.3. The highest BCUT2D eigenvalue weighted by Crippen LogP contribution is 2.20. The Morgan fingerprint density at radius 1 is 1.04 bits per heavy atom. The first-order valence-corrected chi connectivity index (χ1v) is 8.73. The number of hydrogen-bond acceptors (Lipinski definition) is 3. The van der Waals surface area contributed by atoms with E-state index in [9.17, 15) is 4.79 Å². The van der Waals surface area contributed by atoms with Gasteiger partial charge in [0.25, 0.3) is 5.56 Å². The molecule has 1 atom stereocenters. The number of para-hydroxylation sites is 1. The van der Waals surface area contributed by atoms with Crippen LogP contribution in [0, 0.1) is 0 Å². The molecular formula is C21H25N3O. The van der Waals surface area contributed by atoms with E-state index in [-0.39, 0.29) is 11.6 Å². The first-order chi connectivity index (χ1) is 12.0. The van der Waals surface area contributed by atoms with Crippen LogP contribution in [-0.4, -0.2) is 21.9 Å². The number of nitrogens with zero attached hydrogens (tertiary/aromatic N) is 2. The van der Waals surface area contributed by atoms with Gasteiger partial charge in [0.2, 0.25) is 0 Å². The Kier molecular flexibility index (Phi) is 5.00. The molecule has 0 radical (unpaired) electrons. The first kappa shape index (κ1) is 17.4. The number of fused-ring (bicyclic) bond motifs is 1. The van der Waals surface area contributed by atoms with Gasteiger partial charge in [0, 0.05) is 6.54 Å². The summed E-state index contributed by atoms with van der Waals surface area (Å²) < 4.78 is 0. The Morgan fingerprint density at radius 3 is 2.40 bits per heavy atom. The molecule has 0 aliphatic heterocycles. The molecule has 0 aliphatic carbocycles. The van der Waals surface area contributed by atoms with Crippen LogP contribution in [0.2, 0.25) is 0 Å². The second-order valence-electron chi connectivity index (χ2n) is 6.96. The Morgan fingerprint density at radius 2 is 1.72 bits per heavy atom. The summed E-state index contributed by atoms with van der Waals surface area (Å²) in [5.74, 6) is 1.24. The van der Waals surface area contributed by atoms with Crippen molar-refractivity contribution >= 4 is 10.9 Å². The molecule has 1 N–H and O–H groups in total. The van der Waals surface area contributed by atoms with Crippen LogP contribution in [0.1, 0.15) is 49.7 Å². The predicted octanol–water partition coefficient (Wildman–Crippen LogP) is 4.24. The fourth-order valence-electron chi connectivity index (χ4n) is 2.94. The van der Waals surface area contributed by atoms with Gasteiger partial charge in [-0.2, -0.15) is 0 Å². The van der Waals surface area contributed by atoms with Gasteiger partial charge in [0.1, 0.15) is 5.82 Å². The fraction of sp³-hybridized carbons (Fsp3) is 0.333. The van der Waals surface area contributed by atoms with Gasteiger partial charge in [-0.15, -0.1) is 0 Å². The zero-order chi connectivity index (χ0) is 18.0. The third kappa shape index (κ3) is 3.80. The highest BCUT2D eigenvalue weighted by atomic mass is 16.1. The van der Waals surface area contributed by atoms with E-state index in [0.29, 0.717) is 17.1 Å². The average molecular weight is 335 g/mol. The lowest BCUT2D eigenvalue weighted by Gasteiger charge is -2.24. The molecule has 0 spiro atoms. The van der Waals surface area contributed by atoms with E-state index in [1.807, 2.05) is 18.2 Å². The molecule has 0 saturated carbocycles. The van der Waals surface area contributed by atoms with E-state index < -0.39 is 0 Å². The lowest BCUT2D eigenvalue weighted by molar-refractivity contribution is 0.244. The molecule has 0 bridgehead atoms. The fourth-order valence-corrected chi connectivity index (χ4v) is 2.94. The predicted molar refractivity (Wildman–Crippen MR) is 103 cm³/mol. The largest absolute Gasteiger partial charge is 0.309 e. The van der Waals surface area contributed by atoms with Gasteiger partial charge in [-0.3, -0.25) is 9.69 Å². The number of nitrogens with one attached hydrogen (secondary N) is 1. The van der Waals surface area contributed by atoms with Gasteiger partial charge in [-0.05, 0) is 43.1 Å². The van der Waals surface area contributed by atoms with Crippen molar-refractivity contribution in [2.75, 3.05) is 7.05 Å². The molecule has 2 aromatic carbocycles. The van der Waals surface area contributed by atoms with Crippen molar-refractivity contribution in [2.24, 2.45) is 0 Å². The van der Waals surface area contributed by atoms with Crippen LogP contribution in [0.3, 0.4) is 0 Å². The Bertz CT molecular complexity index is 912. The maximum atomic E-state index is 12.3. The molecule has 0 amide bonds. The summed E-state index contributed by atoms with van der Waals surface area (Å²) in [5, 5.41) is 0.630. The molecule has 0 fully saturated rings. The second kappa shape index (κ2) is 7.19. The van der Waals surface area contributed by atoms with E-state index in [4.69, 9.17) is 0 Å². The number of aromatic nitrogens is 2. The molecule has 0 aliphatic rings. The first-order valence-electron chi connectivity index (χ1n) is 8.73. The van der Waals surface area contributed by atoms with E-state index in [2.05, 4.69) is 67.0 Å². The molecule has 25 heavy (non-hydrogen) atoms. The maximum absolute atomic E-state index is 12.3. The molecule has 0 unspecified atom stereocenters. The van der Waals surface area contributed by atoms with Crippen molar-refractivity contribution in [3.63, 3.8) is 0 Å². The van der Waals surface area contributed by atoms with Crippen molar-refractivity contribution in [3.05, 3.63) is 75.8 Å². The molecule has 3 aromatic rings. The Hall–Kier alpha value is -2.46. The third-order valence-electron chi connectivity index (χ3n) is 4.77. The third-order valence-corrected chi connectivity index (χ3v) is 4.77. The number of benzene rings is 2. The number of aromatic amines is 1. The van der Waals surface area contributed by atoms with Crippen molar-refractivity contribution in [1.29, 1.82) is 0 Å². The van der Waals surface area contributed by atoms with Crippen molar-refractivity contribution in [3.8, 4) is 0 Å². The smallest absolute Gasteiger partial charge is 0.258 e. The summed E-state index contributed by atoms with van der Waals surface area (Å²) in [4.78, 5) is 22.0. The van der Waals surface area contributed by atoms with Crippen LogP contribution in [0.5, 0.6) is 0 Å². The van der Waals surface area contributed by atoms with Crippen molar-refractivity contribution < 1.29 is 0 Å². The lowest BCUT2D eigenvalue weighted by Crippen LogP contribution is -2.26. The van der Waals surface area contributed by atoms with Gasteiger partial charge >= 0.3 is 0 Å². The van der Waals surface area contributed by atoms with Crippen LogP contribution >= 0.6 is 0 Å². The summed E-state index contributed by atoms with van der Waals surface area (Å²) >= 11 is 0. The molecular weight excluding hydrogens is 310 g/mol.